The third-order valence-electron chi connectivity index (χ3n) is 7.26. The molecule has 7 heteroatoms. The zero-order chi connectivity index (χ0) is 27.7. The van der Waals surface area contributed by atoms with E-state index in [-0.39, 0.29) is 24.4 Å². The normalized spacial score (nSPS) is 13.9. The van der Waals surface area contributed by atoms with E-state index < -0.39 is 12.9 Å². The number of unbranched alkanes of at least 4 members (excludes halogenated alkanes) is 2. The van der Waals surface area contributed by atoms with Crippen LogP contribution < -0.4 is 28.3 Å². The number of amides is 2. The second kappa shape index (κ2) is 14.7. The molecule has 0 aromatic heterocycles. The number of nitrogens with zero attached hydrogens (tertiary/aromatic N) is 2. The van der Waals surface area contributed by atoms with Gasteiger partial charge in [0.2, 0.25) is 5.91 Å². The van der Waals surface area contributed by atoms with E-state index in [1.165, 1.54) is 15.9 Å². The Labute approximate surface area is 246 Å². The lowest BCUT2D eigenvalue weighted by atomic mass is 10.2. The van der Waals surface area contributed by atoms with Crippen LogP contribution in [0.15, 0.2) is 91.0 Å². The Balaban J connectivity index is 0.00000441. The third-order valence-corrected chi connectivity index (χ3v) is 11.8. The Bertz CT molecular complexity index is 1100. The third kappa shape index (κ3) is 8.08. The smallest absolute Gasteiger partial charge is 0.410 e. The van der Waals surface area contributed by atoms with Crippen molar-refractivity contribution in [2.24, 2.45) is 0 Å². The number of benzene rings is 3. The van der Waals surface area contributed by atoms with Crippen molar-refractivity contribution in [2.45, 2.75) is 52.1 Å². The minimum Gasteiger partial charge on any atom is -1.00 e. The molecule has 40 heavy (non-hydrogen) atoms. The lowest BCUT2D eigenvalue weighted by Crippen LogP contribution is -3.00. The van der Waals surface area contributed by atoms with Crippen LogP contribution in [0.25, 0.3) is 0 Å². The predicted octanol–water partition coefficient (Wildman–Crippen LogP) is 2.62. The molecule has 214 valence electrons. The zero-order valence-electron chi connectivity index (χ0n) is 24.0. The number of hydrogen-bond donors (Lipinski definition) is 0. The molecule has 1 aliphatic heterocycles. The fraction of sp³-hybridized carbons (Fsp3) is 0.394. The molecule has 2 amide bonds. The summed E-state index contributed by atoms with van der Waals surface area (Å²) in [6, 6.07) is 32.9. The average Bonchev–Trinajstić information content (AvgIpc) is 2.95. The largest absolute Gasteiger partial charge is 1.00 e. The minimum atomic E-state index is -1.82. The van der Waals surface area contributed by atoms with Crippen LogP contribution in [0.2, 0.25) is 0 Å². The molecule has 1 saturated heterocycles. The van der Waals surface area contributed by atoms with Crippen LogP contribution in [0, 0.1) is 0 Å². The van der Waals surface area contributed by atoms with Crippen molar-refractivity contribution in [3.63, 3.8) is 0 Å². The quantitative estimate of drug-likeness (QED) is 0.289. The molecule has 0 radical (unpaired) electrons. The SMILES string of the molecule is CC(C)(C)OC(=O)N1CCN(C(=O)CCCCC[P+](c2ccccc2)(c2ccccc2)c2ccccc2)CC1.[Cl-]. The van der Waals surface area contributed by atoms with Crippen molar-refractivity contribution in [1.29, 1.82) is 0 Å². The van der Waals surface area contributed by atoms with Crippen LogP contribution in [0.3, 0.4) is 0 Å². The second-order valence-electron chi connectivity index (χ2n) is 11.2. The van der Waals surface area contributed by atoms with Crippen LogP contribution >= 0.6 is 7.26 Å². The summed E-state index contributed by atoms with van der Waals surface area (Å²) < 4.78 is 5.47. The standard InChI is InChI=1S/C33H42N2O3P.ClH/c1-33(2,3)38-32(37)35-25-23-34(24-26-35)31(36)22-14-7-15-27-39(28-16-8-4-9-17-28,29-18-10-5-11-19-29)30-20-12-6-13-21-30;/h4-6,8-13,16-21H,7,14-15,22-27H2,1-3H3;1H/q+1;/p-1. The molecule has 1 heterocycles. The lowest BCUT2D eigenvalue weighted by molar-refractivity contribution is -0.133. The monoisotopic (exact) mass is 580 g/mol. The summed E-state index contributed by atoms with van der Waals surface area (Å²) in [6.45, 7) is 7.81. The Hall–Kier alpha value is -2.88. The number of piperazine rings is 1. The fourth-order valence-electron chi connectivity index (χ4n) is 5.31. The van der Waals surface area contributed by atoms with Gasteiger partial charge in [0.1, 0.15) is 28.8 Å². The Morgan fingerprint density at radius 2 is 1.10 bits per heavy atom. The summed E-state index contributed by atoms with van der Waals surface area (Å²) in [5.74, 6) is 0.189. The molecular formula is C33H42ClN2O3P. The predicted molar refractivity (Wildman–Crippen MR) is 163 cm³/mol. The summed E-state index contributed by atoms with van der Waals surface area (Å²) in [4.78, 5) is 28.9. The molecule has 3 aromatic carbocycles. The van der Waals surface area contributed by atoms with Gasteiger partial charge in [-0.15, -0.1) is 0 Å². The van der Waals surface area contributed by atoms with E-state index in [0.29, 0.717) is 32.6 Å². The summed E-state index contributed by atoms with van der Waals surface area (Å²) in [6.07, 6.45) is 4.29. The molecule has 1 aliphatic rings. The van der Waals surface area contributed by atoms with Crippen molar-refractivity contribution < 1.29 is 26.7 Å². The van der Waals surface area contributed by atoms with Gasteiger partial charge in [0.25, 0.3) is 0 Å². The van der Waals surface area contributed by atoms with E-state index in [4.69, 9.17) is 4.74 Å². The van der Waals surface area contributed by atoms with E-state index >= 15 is 0 Å². The first-order valence-electron chi connectivity index (χ1n) is 14.1. The highest BCUT2D eigenvalue weighted by molar-refractivity contribution is 7.95. The van der Waals surface area contributed by atoms with E-state index in [0.717, 1.165) is 25.4 Å². The van der Waals surface area contributed by atoms with Gasteiger partial charge < -0.3 is 26.9 Å². The van der Waals surface area contributed by atoms with E-state index in [2.05, 4.69) is 91.0 Å². The van der Waals surface area contributed by atoms with E-state index in [9.17, 15) is 9.59 Å². The Morgan fingerprint density at radius 3 is 1.52 bits per heavy atom. The van der Waals surface area contributed by atoms with Gasteiger partial charge in [0, 0.05) is 32.6 Å². The van der Waals surface area contributed by atoms with Gasteiger partial charge >= 0.3 is 6.09 Å². The number of rotatable bonds is 9. The Kier molecular flexibility index (Phi) is 11.6. The molecule has 0 bridgehead atoms. The maximum absolute atomic E-state index is 12.9. The van der Waals surface area contributed by atoms with Crippen molar-refractivity contribution in [3.05, 3.63) is 91.0 Å². The molecule has 0 aliphatic carbocycles. The lowest BCUT2D eigenvalue weighted by Gasteiger charge is -2.35. The molecule has 0 unspecified atom stereocenters. The zero-order valence-corrected chi connectivity index (χ0v) is 25.6. The highest BCUT2D eigenvalue weighted by atomic mass is 35.5. The van der Waals surface area contributed by atoms with Crippen LogP contribution in [0.1, 0.15) is 46.5 Å². The van der Waals surface area contributed by atoms with Crippen molar-refractivity contribution >= 4 is 35.2 Å². The van der Waals surface area contributed by atoms with Crippen molar-refractivity contribution in [3.8, 4) is 0 Å². The van der Waals surface area contributed by atoms with Crippen LogP contribution in [0.5, 0.6) is 0 Å². The van der Waals surface area contributed by atoms with Crippen molar-refractivity contribution in [1.82, 2.24) is 9.80 Å². The van der Waals surface area contributed by atoms with E-state index in [1.54, 1.807) is 4.90 Å². The molecule has 1 fully saturated rings. The summed E-state index contributed by atoms with van der Waals surface area (Å²) in [7, 11) is -1.82. The minimum absolute atomic E-state index is 0. The first kappa shape index (κ1) is 31.6. The summed E-state index contributed by atoms with van der Waals surface area (Å²) in [5.41, 5.74) is -0.508. The molecule has 0 saturated carbocycles. The van der Waals surface area contributed by atoms with E-state index in [1.807, 2.05) is 25.7 Å². The molecule has 4 rings (SSSR count). The van der Waals surface area contributed by atoms with Gasteiger partial charge in [-0.05, 0) is 76.4 Å². The van der Waals surface area contributed by atoms with Gasteiger partial charge in [0.15, 0.2) is 0 Å². The van der Waals surface area contributed by atoms with Gasteiger partial charge in [-0.3, -0.25) is 4.79 Å². The van der Waals surface area contributed by atoms with Crippen LogP contribution in [-0.4, -0.2) is 59.7 Å². The topological polar surface area (TPSA) is 49.9 Å². The number of ether oxygens (including phenoxy) is 1. The number of carbonyl (C=O) groups excluding carboxylic acids is 2. The number of carbonyl (C=O) groups is 2. The maximum atomic E-state index is 12.9. The maximum Gasteiger partial charge on any atom is 0.410 e. The summed E-state index contributed by atoms with van der Waals surface area (Å²) >= 11 is 0. The van der Waals surface area contributed by atoms with Gasteiger partial charge in [-0.25, -0.2) is 4.79 Å². The van der Waals surface area contributed by atoms with Gasteiger partial charge in [-0.1, -0.05) is 54.6 Å². The molecule has 0 spiro atoms. The highest BCUT2D eigenvalue weighted by Crippen LogP contribution is 2.56. The molecule has 3 aromatic rings. The molecular weight excluding hydrogens is 539 g/mol. The van der Waals surface area contributed by atoms with Gasteiger partial charge in [-0.2, -0.15) is 0 Å². The van der Waals surface area contributed by atoms with Crippen LogP contribution in [-0.2, 0) is 9.53 Å². The molecule has 0 N–H and O–H groups in total. The second-order valence-corrected chi connectivity index (χ2v) is 14.8. The van der Waals surface area contributed by atoms with Crippen LogP contribution in [0.4, 0.5) is 4.79 Å². The highest BCUT2D eigenvalue weighted by Gasteiger charge is 2.44. The first-order chi connectivity index (χ1) is 18.8. The fourth-order valence-corrected chi connectivity index (χ4v) is 9.72. The number of halogens is 1. The Morgan fingerprint density at radius 1 is 0.675 bits per heavy atom. The first-order valence-corrected chi connectivity index (χ1v) is 16.1. The van der Waals surface area contributed by atoms with Gasteiger partial charge in [0.05, 0.1) is 6.16 Å². The molecule has 5 nitrogen and oxygen atoms in total. The number of hydrogen-bond acceptors (Lipinski definition) is 3. The van der Waals surface area contributed by atoms with Crippen molar-refractivity contribution in [2.75, 3.05) is 32.3 Å². The average molecular weight is 581 g/mol. The summed E-state index contributed by atoms with van der Waals surface area (Å²) in [5, 5.41) is 4.21. The molecule has 0 atom stereocenters.